The number of rotatable bonds is 7. The van der Waals surface area contributed by atoms with Crippen molar-refractivity contribution in [1.82, 2.24) is 10.2 Å². The van der Waals surface area contributed by atoms with Crippen LogP contribution in [-0.2, 0) is 17.9 Å². The molecular weight excluding hydrogens is 346 g/mol. The van der Waals surface area contributed by atoms with Gasteiger partial charge in [-0.25, -0.2) is 0 Å². The number of methoxy groups -OCH3 is 2. The van der Waals surface area contributed by atoms with E-state index in [2.05, 4.69) is 10.6 Å². The Bertz CT molecular complexity index is 866. The van der Waals surface area contributed by atoms with E-state index in [0.717, 1.165) is 11.1 Å². The number of fused-ring (bicyclic) bond motifs is 1. The van der Waals surface area contributed by atoms with Gasteiger partial charge < -0.3 is 25.0 Å². The first-order chi connectivity index (χ1) is 13.0. The molecule has 0 aliphatic carbocycles. The predicted octanol–water partition coefficient (Wildman–Crippen LogP) is 2.02. The van der Waals surface area contributed by atoms with E-state index >= 15 is 0 Å². The van der Waals surface area contributed by atoms with E-state index in [1.165, 1.54) is 0 Å². The molecule has 2 N–H and O–H groups in total. The molecule has 0 bridgehead atoms. The lowest BCUT2D eigenvalue weighted by molar-refractivity contribution is -0.128. The van der Waals surface area contributed by atoms with Crippen molar-refractivity contribution < 1.29 is 19.1 Å². The lowest BCUT2D eigenvalue weighted by atomic mass is 10.1. The summed E-state index contributed by atoms with van der Waals surface area (Å²) in [5, 5.41) is 5.88. The maximum absolute atomic E-state index is 12.5. The lowest BCUT2D eigenvalue weighted by Gasteiger charge is -2.19. The van der Waals surface area contributed by atoms with Crippen LogP contribution < -0.4 is 20.1 Å². The Morgan fingerprint density at radius 1 is 1.19 bits per heavy atom. The third-order valence-corrected chi connectivity index (χ3v) is 4.54. The van der Waals surface area contributed by atoms with Gasteiger partial charge >= 0.3 is 0 Å². The van der Waals surface area contributed by atoms with E-state index < -0.39 is 0 Å². The van der Waals surface area contributed by atoms with Gasteiger partial charge in [-0.15, -0.1) is 0 Å². The molecule has 0 fully saturated rings. The molecule has 0 saturated heterocycles. The van der Waals surface area contributed by atoms with Crippen LogP contribution in [0.1, 0.15) is 21.5 Å². The van der Waals surface area contributed by atoms with Gasteiger partial charge in [-0.05, 0) is 29.3 Å². The molecule has 0 spiro atoms. The zero-order chi connectivity index (χ0) is 19.4. The number of likely N-dealkylation sites (N-methyl/N-ethyl adjacent to an activating group) is 1. The third kappa shape index (κ3) is 3.97. The topological polar surface area (TPSA) is 79.9 Å². The summed E-state index contributed by atoms with van der Waals surface area (Å²) in [7, 11) is 4.90. The normalized spacial score (nSPS) is 12.2. The van der Waals surface area contributed by atoms with Crippen LogP contribution in [0.25, 0.3) is 0 Å². The van der Waals surface area contributed by atoms with Gasteiger partial charge in [-0.3, -0.25) is 9.59 Å². The van der Waals surface area contributed by atoms with E-state index in [-0.39, 0.29) is 18.4 Å². The van der Waals surface area contributed by atoms with Gasteiger partial charge in [0.2, 0.25) is 5.91 Å². The minimum atomic E-state index is -0.112. The highest BCUT2D eigenvalue weighted by Gasteiger charge is 2.22. The highest BCUT2D eigenvalue weighted by Crippen LogP contribution is 2.28. The molecule has 2 amide bonds. The van der Waals surface area contributed by atoms with E-state index in [1.807, 2.05) is 36.4 Å². The number of hydrogen-bond donors (Lipinski definition) is 2. The van der Waals surface area contributed by atoms with Crippen molar-refractivity contribution in [3.8, 4) is 11.5 Å². The average Bonchev–Trinajstić information content (AvgIpc) is 3.07. The number of anilines is 1. The summed E-state index contributed by atoms with van der Waals surface area (Å²) >= 11 is 0. The van der Waals surface area contributed by atoms with Crippen molar-refractivity contribution in [2.75, 3.05) is 33.1 Å². The first-order valence-electron chi connectivity index (χ1n) is 8.62. The summed E-state index contributed by atoms with van der Waals surface area (Å²) in [4.78, 5) is 26.1. The number of hydrogen-bond acceptors (Lipinski definition) is 5. The first-order valence-corrected chi connectivity index (χ1v) is 8.62. The van der Waals surface area contributed by atoms with Crippen molar-refractivity contribution in [2.24, 2.45) is 0 Å². The molecule has 7 heteroatoms. The Labute approximate surface area is 158 Å². The van der Waals surface area contributed by atoms with Gasteiger partial charge in [0.1, 0.15) is 0 Å². The van der Waals surface area contributed by atoms with Gasteiger partial charge in [0.15, 0.2) is 11.5 Å². The van der Waals surface area contributed by atoms with Crippen LogP contribution in [0.3, 0.4) is 0 Å². The molecule has 2 aromatic carbocycles. The summed E-state index contributed by atoms with van der Waals surface area (Å²) in [5.41, 5.74) is 3.17. The smallest absolute Gasteiger partial charge is 0.253 e. The zero-order valence-corrected chi connectivity index (χ0v) is 15.7. The molecular formula is C20H23N3O4. The van der Waals surface area contributed by atoms with Crippen molar-refractivity contribution in [3.63, 3.8) is 0 Å². The van der Waals surface area contributed by atoms with E-state index in [0.29, 0.717) is 35.8 Å². The molecule has 2 aromatic rings. The zero-order valence-electron chi connectivity index (χ0n) is 15.7. The van der Waals surface area contributed by atoms with E-state index in [1.54, 1.807) is 26.2 Å². The van der Waals surface area contributed by atoms with E-state index in [9.17, 15) is 9.59 Å². The van der Waals surface area contributed by atoms with Crippen LogP contribution in [0.15, 0.2) is 36.4 Å². The monoisotopic (exact) mass is 369 g/mol. The van der Waals surface area contributed by atoms with Crippen molar-refractivity contribution >= 4 is 17.5 Å². The fourth-order valence-electron chi connectivity index (χ4n) is 3.07. The van der Waals surface area contributed by atoms with Crippen LogP contribution in [0.4, 0.5) is 5.69 Å². The van der Waals surface area contributed by atoms with E-state index in [4.69, 9.17) is 9.47 Å². The highest BCUT2D eigenvalue weighted by atomic mass is 16.5. The second kappa shape index (κ2) is 7.99. The Kier molecular flexibility index (Phi) is 5.49. The third-order valence-electron chi connectivity index (χ3n) is 4.54. The standard InChI is InChI=1S/C20H23N3O4/c1-23(12-13-7-8-16(26-2)17(9-13)27-3)18(24)11-21-15-6-4-5-14-10-22-20(25)19(14)15/h4-9,21H,10-12H2,1-3H3,(H,22,25). The lowest BCUT2D eigenvalue weighted by Crippen LogP contribution is -2.32. The maximum Gasteiger partial charge on any atom is 0.253 e. The molecule has 7 nitrogen and oxygen atoms in total. The number of carbonyl (C=O) groups is 2. The number of amides is 2. The molecule has 27 heavy (non-hydrogen) atoms. The first kappa shape index (κ1) is 18.6. The number of nitrogens with one attached hydrogen (secondary N) is 2. The molecule has 0 atom stereocenters. The summed E-state index contributed by atoms with van der Waals surface area (Å²) in [6, 6.07) is 11.2. The molecule has 1 aliphatic rings. The molecule has 1 heterocycles. The number of ether oxygens (including phenoxy) is 2. The van der Waals surface area contributed by atoms with Crippen molar-refractivity contribution in [2.45, 2.75) is 13.1 Å². The van der Waals surface area contributed by atoms with Gasteiger partial charge in [-0.2, -0.15) is 0 Å². The van der Waals surface area contributed by atoms with Crippen LogP contribution in [0.5, 0.6) is 11.5 Å². The predicted molar refractivity (Wildman–Crippen MR) is 102 cm³/mol. The van der Waals surface area contributed by atoms with Crippen LogP contribution >= 0.6 is 0 Å². The Morgan fingerprint density at radius 2 is 1.96 bits per heavy atom. The second-order valence-electron chi connectivity index (χ2n) is 6.32. The summed E-state index contributed by atoms with van der Waals surface area (Å²) in [6.45, 7) is 1.07. The molecule has 0 aromatic heterocycles. The Balaban J connectivity index is 1.62. The van der Waals surface area contributed by atoms with Crippen LogP contribution in [0.2, 0.25) is 0 Å². The molecule has 1 aliphatic heterocycles. The molecule has 142 valence electrons. The summed E-state index contributed by atoms with van der Waals surface area (Å²) in [6.07, 6.45) is 0. The highest BCUT2D eigenvalue weighted by molar-refractivity contribution is 6.03. The van der Waals surface area contributed by atoms with Crippen molar-refractivity contribution in [1.29, 1.82) is 0 Å². The quantitative estimate of drug-likeness (QED) is 0.781. The second-order valence-corrected chi connectivity index (χ2v) is 6.32. The molecule has 3 rings (SSSR count). The summed E-state index contributed by atoms with van der Waals surface area (Å²) in [5.74, 6) is 1.08. The Morgan fingerprint density at radius 3 is 2.70 bits per heavy atom. The molecule has 0 unspecified atom stereocenters. The average molecular weight is 369 g/mol. The fourth-order valence-corrected chi connectivity index (χ4v) is 3.07. The Hall–Kier alpha value is -3.22. The largest absolute Gasteiger partial charge is 0.493 e. The summed E-state index contributed by atoms with van der Waals surface area (Å²) < 4.78 is 10.5. The maximum atomic E-state index is 12.5. The van der Waals surface area contributed by atoms with Crippen LogP contribution in [-0.4, -0.2) is 44.5 Å². The number of benzene rings is 2. The van der Waals surface area contributed by atoms with Gasteiger partial charge in [0.25, 0.3) is 5.91 Å². The fraction of sp³-hybridized carbons (Fsp3) is 0.300. The molecule has 0 radical (unpaired) electrons. The van der Waals surface area contributed by atoms with Gasteiger partial charge in [0.05, 0.1) is 26.3 Å². The minimum absolute atomic E-state index is 0.0826. The van der Waals surface area contributed by atoms with Gasteiger partial charge in [-0.1, -0.05) is 18.2 Å². The molecule has 0 saturated carbocycles. The van der Waals surface area contributed by atoms with Crippen LogP contribution in [0, 0.1) is 0 Å². The van der Waals surface area contributed by atoms with Gasteiger partial charge in [0, 0.05) is 25.8 Å². The van der Waals surface area contributed by atoms with Crippen molar-refractivity contribution in [3.05, 3.63) is 53.1 Å². The minimum Gasteiger partial charge on any atom is -0.493 e. The number of nitrogens with zero attached hydrogens (tertiary/aromatic N) is 1. The SMILES string of the molecule is COc1ccc(CN(C)C(=O)CNc2cccc3c2C(=O)NC3)cc1OC. The number of carbonyl (C=O) groups excluding carboxylic acids is 2.